The summed E-state index contributed by atoms with van der Waals surface area (Å²) >= 11 is 0. The maximum Gasteiger partial charge on any atom is 0.240 e. The summed E-state index contributed by atoms with van der Waals surface area (Å²) in [6, 6.07) is 9.93. The van der Waals surface area contributed by atoms with Crippen LogP contribution in [0.4, 0.5) is 4.39 Å². The minimum absolute atomic E-state index is 0.267. The van der Waals surface area contributed by atoms with E-state index in [4.69, 9.17) is 0 Å². The molecule has 6 heteroatoms. The molecule has 1 aliphatic rings. The third kappa shape index (κ3) is 3.19. The van der Waals surface area contributed by atoms with Gasteiger partial charge in [-0.25, -0.2) is 17.5 Å². The molecule has 0 spiro atoms. The monoisotopic (exact) mass is 358 g/mol. The zero-order valence-corrected chi connectivity index (χ0v) is 14.5. The Morgan fingerprint density at radius 2 is 1.92 bits per heavy atom. The Balaban J connectivity index is 1.47. The quantitative estimate of drug-likeness (QED) is 0.735. The number of aryl methyl sites for hydroxylation is 2. The molecular formula is C19H19FN2O2S. The molecule has 3 aromatic rings. The van der Waals surface area contributed by atoms with Crippen molar-refractivity contribution in [3.63, 3.8) is 0 Å². The maximum atomic E-state index is 13.4. The van der Waals surface area contributed by atoms with Gasteiger partial charge in [0.1, 0.15) is 5.82 Å². The fourth-order valence-corrected chi connectivity index (χ4v) is 4.56. The maximum absolute atomic E-state index is 13.4. The minimum atomic E-state index is -3.53. The lowest BCUT2D eigenvalue weighted by Gasteiger charge is -2.08. The van der Waals surface area contributed by atoms with Crippen LogP contribution >= 0.6 is 0 Å². The molecule has 0 saturated carbocycles. The van der Waals surface area contributed by atoms with Crippen molar-refractivity contribution in [1.82, 2.24) is 9.71 Å². The highest BCUT2D eigenvalue weighted by atomic mass is 32.2. The van der Waals surface area contributed by atoms with Crippen LogP contribution in [-0.2, 0) is 29.3 Å². The first-order valence-electron chi connectivity index (χ1n) is 8.40. The number of aromatic amines is 1. The van der Waals surface area contributed by atoms with Gasteiger partial charge in [0, 0.05) is 23.6 Å². The number of hydrogen-bond donors (Lipinski definition) is 2. The number of benzene rings is 2. The van der Waals surface area contributed by atoms with Crippen LogP contribution in [0.2, 0.25) is 0 Å². The Bertz CT molecular complexity index is 1040. The van der Waals surface area contributed by atoms with Crippen molar-refractivity contribution in [3.8, 4) is 0 Å². The van der Waals surface area contributed by atoms with E-state index >= 15 is 0 Å². The molecule has 2 aromatic carbocycles. The van der Waals surface area contributed by atoms with Crippen LogP contribution in [0, 0.1) is 5.82 Å². The van der Waals surface area contributed by atoms with Gasteiger partial charge in [-0.15, -0.1) is 0 Å². The third-order valence-corrected chi connectivity index (χ3v) is 6.25. The van der Waals surface area contributed by atoms with Gasteiger partial charge in [0.05, 0.1) is 4.90 Å². The summed E-state index contributed by atoms with van der Waals surface area (Å²) in [4.78, 5) is 3.40. The highest BCUT2D eigenvalue weighted by Crippen LogP contribution is 2.25. The van der Waals surface area contributed by atoms with Crippen LogP contribution in [0.25, 0.3) is 10.9 Å². The number of halogens is 1. The molecule has 1 heterocycles. The molecule has 4 rings (SSSR count). The molecule has 4 nitrogen and oxygen atoms in total. The second-order valence-electron chi connectivity index (χ2n) is 6.44. The molecule has 1 aliphatic carbocycles. The molecule has 0 fully saturated rings. The number of fused-ring (bicyclic) bond motifs is 2. The van der Waals surface area contributed by atoms with Crippen LogP contribution in [0.15, 0.2) is 47.5 Å². The van der Waals surface area contributed by atoms with E-state index in [1.807, 2.05) is 6.07 Å². The van der Waals surface area contributed by atoms with Gasteiger partial charge in [-0.2, -0.15) is 0 Å². The van der Waals surface area contributed by atoms with E-state index in [1.165, 1.54) is 17.7 Å². The van der Waals surface area contributed by atoms with Crippen molar-refractivity contribution in [2.24, 2.45) is 0 Å². The van der Waals surface area contributed by atoms with Crippen molar-refractivity contribution in [2.45, 2.75) is 30.6 Å². The molecule has 0 atom stereocenters. The third-order valence-electron chi connectivity index (χ3n) is 4.80. The number of rotatable bonds is 5. The Kier molecular flexibility index (Phi) is 4.09. The molecule has 0 bridgehead atoms. The van der Waals surface area contributed by atoms with Crippen LogP contribution in [0.1, 0.15) is 23.1 Å². The number of aromatic nitrogens is 1. The summed E-state index contributed by atoms with van der Waals surface area (Å²) in [5.74, 6) is -0.299. The van der Waals surface area contributed by atoms with Gasteiger partial charge in [0.25, 0.3) is 0 Å². The SMILES string of the molecule is O=S(=O)(NCCc1c[nH]c2ccc(F)cc12)c1ccc2c(c1)CCC2. The van der Waals surface area contributed by atoms with Crippen LogP contribution in [0.3, 0.4) is 0 Å². The zero-order valence-electron chi connectivity index (χ0n) is 13.7. The predicted molar refractivity (Wildman–Crippen MR) is 95.6 cm³/mol. The van der Waals surface area contributed by atoms with Crippen LogP contribution in [0.5, 0.6) is 0 Å². The second kappa shape index (κ2) is 6.28. The molecule has 0 unspecified atom stereocenters. The van der Waals surface area contributed by atoms with E-state index in [0.29, 0.717) is 11.3 Å². The molecule has 130 valence electrons. The number of hydrogen-bond acceptors (Lipinski definition) is 2. The van der Waals surface area contributed by atoms with Gasteiger partial charge in [0.2, 0.25) is 10.0 Å². The van der Waals surface area contributed by atoms with Crippen molar-refractivity contribution >= 4 is 20.9 Å². The van der Waals surface area contributed by atoms with Crippen molar-refractivity contribution < 1.29 is 12.8 Å². The molecule has 0 saturated heterocycles. The number of H-pyrrole nitrogens is 1. The van der Waals surface area contributed by atoms with E-state index in [9.17, 15) is 12.8 Å². The average Bonchev–Trinajstić information content (AvgIpc) is 3.21. The van der Waals surface area contributed by atoms with Crippen molar-refractivity contribution in [1.29, 1.82) is 0 Å². The Labute approximate surface area is 146 Å². The number of nitrogens with one attached hydrogen (secondary N) is 2. The molecule has 25 heavy (non-hydrogen) atoms. The topological polar surface area (TPSA) is 62.0 Å². The largest absolute Gasteiger partial charge is 0.361 e. The first-order chi connectivity index (χ1) is 12.0. The fraction of sp³-hybridized carbons (Fsp3) is 0.263. The summed E-state index contributed by atoms with van der Waals surface area (Å²) < 4.78 is 41.1. The Hall–Kier alpha value is -2.18. The van der Waals surface area contributed by atoms with Gasteiger partial charge in [-0.1, -0.05) is 6.07 Å². The van der Waals surface area contributed by atoms with Crippen molar-refractivity contribution in [2.75, 3.05) is 6.54 Å². The van der Waals surface area contributed by atoms with E-state index in [0.717, 1.165) is 41.3 Å². The Morgan fingerprint density at radius 1 is 1.08 bits per heavy atom. The van der Waals surface area contributed by atoms with Gasteiger partial charge in [-0.3, -0.25) is 0 Å². The van der Waals surface area contributed by atoms with Crippen molar-refractivity contribution in [3.05, 3.63) is 65.1 Å². The molecule has 1 aromatic heterocycles. The minimum Gasteiger partial charge on any atom is -0.361 e. The summed E-state index contributed by atoms with van der Waals surface area (Å²) in [6.45, 7) is 0.267. The lowest BCUT2D eigenvalue weighted by Crippen LogP contribution is -2.26. The Morgan fingerprint density at radius 3 is 2.80 bits per heavy atom. The lowest BCUT2D eigenvalue weighted by molar-refractivity contribution is 0.581. The predicted octanol–water partition coefficient (Wildman–Crippen LogP) is 3.32. The van der Waals surface area contributed by atoms with Gasteiger partial charge >= 0.3 is 0 Å². The molecule has 2 N–H and O–H groups in total. The van der Waals surface area contributed by atoms with E-state index in [2.05, 4.69) is 9.71 Å². The highest BCUT2D eigenvalue weighted by molar-refractivity contribution is 7.89. The zero-order chi connectivity index (χ0) is 17.4. The lowest BCUT2D eigenvalue weighted by atomic mass is 10.1. The van der Waals surface area contributed by atoms with E-state index in [1.54, 1.807) is 24.4 Å². The summed E-state index contributed by atoms with van der Waals surface area (Å²) in [5.41, 5.74) is 4.12. The van der Waals surface area contributed by atoms with Gasteiger partial charge < -0.3 is 4.98 Å². The number of sulfonamides is 1. The highest BCUT2D eigenvalue weighted by Gasteiger charge is 2.18. The summed E-state index contributed by atoms with van der Waals surface area (Å²) in [7, 11) is -3.53. The van der Waals surface area contributed by atoms with Gasteiger partial charge in [-0.05, 0) is 72.7 Å². The summed E-state index contributed by atoms with van der Waals surface area (Å²) in [5, 5.41) is 0.789. The smallest absolute Gasteiger partial charge is 0.240 e. The van der Waals surface area contributed by atoms with Crippen LogP contribution < -0.4 is 4.72 Å². The molecule has 0 radical (unpaired) electrons. The molecular weight excluding hydrogens is 339 g/mol. The normalized spacial score (nSPS) is 14.1. The first kappa shape index (κ1) is 16.3. The fourth-order valence-electron chi connectivity index (χ4n) is 3.48. The van der Waals surface area contributed by atoms with Crippen LogP contribution in [-0.4, -0.2) is 19.9 Å². The second-order valence-corrected chi connectivity index (χ2v) is 8.20. The van der Waals surface area contributed by atoms with Gasteiger partial charge in [0.15, 0.2) is 0 Å². The molecule has 0 amide bonds. The first-order valence-corrected chi connectivity index (χ1v) is 9.88. The van der Waals surface area contributed by atoms with E-state index < -0.39 is 10.0 Å². The average molecular weight is 358 g/mol. The van der Waals surface area contributed by atoms with E-state index in [-0.39, 0.29) is 12.4 Å². The standard InChI is InChI=1S/C19H19FN2O2S/c20-16-5-7-19-18(11-16)15(12-21-19)8-9-22-25(23,24)17-6-4-13-2-1-3-14(13)10-17/h4-7,10-12,21-22H,1-3,8-9H2. The summed E-state index contributed by atoms with van der Waals surface area (Å²) in [6.07, 6.45) is 5.35. The molecule has 0 aliphatic heterocycles.